The monoisotopic (exact) mass is 245 g/mol. The van der Waals surface area contributed by atoms with Crippen LogP contribution in [0.3, 0.4) is 0 Å². The molecular formula is C11H19NO3S. The number of carbonyl (C=O) groups excluding carboxylic acids is 1. The molecule has 0 aromatic rings. The summed E-state index contributed by atoms with van der Waals surface area (Å²) in [4.78, 5) is 24.3. The molecule has 4 nitrogen and oxygen atoms in total. The van der Waals surface area contributed by atoms with Crippen molar-refractivity contribution in [2.75, 3.05) is 18.8 Å². The van der Waals surface area contributed by atoms with Crippen LogP contribution < -0.4 is 0 Å². The van der Waals surface area contributed by atoms with Crippen molar-refractivity contribution in [3.63, 3.8) is 0 Å². The molecule has 0 aromatic carbocycles. The van der Waals surface area contributed by atoms with E-state index in [9.17, 15) is 9.59 Å². The van der Waals surface area contributed by atoms with Crippen LogP contribution in [0.2, 0.25) is 0 Å². The third kappa shape index (κ3) is 4.04. The lowest BCUT2D eigenvalue weighted by molar-refractivity contribution is -0.145. The van der Waals surface area contributed by atoms with E-state index in [1.807, 2.05) is 13.8 Å². The van der Waals surface area contributed by atoms with Gasteiger partial charge in [0.2, 0.25) is 5.91 Å². The molecule has 0 unspecified atom stereocenters. The predicted molar refractivity (Wildman–Crippen MR) is 64.5 cm³/mol. The van der Waals surface area contributed by atoms with Gasteiger partial charge in [-0.1, -0.05) is 13.8 Å². The molecule has 0 aliphatic carbocycles. The third-order valence-corrected chi connectivity index (χ3v) is 3.74. The number of rotatable bonds is 4. The van der Waals surface area contributed by atoms with Crippen LogP contribution >= 0.6 is 11.8 Å². The van der Waals surface area contributed by atoms with Gasteiger partial charge in [0, 0.05) is 13.1 Å². The second-order valence-corrected chi connectivity index (χ2v) is 5.94. The first-order valence-electron chi connectivity index (χ1n) is 5.63. The number of nitrogens with zero attached hydrogens (tertiary/aromatic N) is 1. The van der Waals surface area contributed by atoms with Gasteiger partial charge in [-0.15, -0.1) is 11.8 Å². The number of amides is 1. The van der Waals surface area contributed by atoms with Gasteiger partial charge < -0.3 is 10.0 Å². The summed E-state index contributed by atoms with van der Waals surface area (Å²) in [5.41, 5.74) is 0. The first-order valence-corrected chi connectivity index (χ1v) is 6.67. The molecule has 1 aliphatic rings. The summed E-state index contributed by atoms with van der Waals surface area (Å²) in [5, 5.41) is 9.35. The van der Waals surface area contributed by atoms with Crippen molar-refractivity contribution in [1.82, 2.24) is 4.90 Å². The van der Waals surface area contributed by atoms with Crippen molar-refractivity contribution in [2.45, 2.75) is 31.9 Å². The fourth-order valence-corrected chi connectivity index (χ4v) is 2.39. The Morgan fingerprint density at radius 3 is 2.75 bits per heavy atom. The SMILES string of the molecule is CC(C)SCC(=O)N1CCC[C@H](C(=O)O)C1. The van der Waals surface area contributed by atoms with Crippen LogP contribution in [0.25, 0.3) is 0 Å². The van der Waals surface area contributed by atoms with Crippen LogP contribution in [0.15, 0.2) is 0 Å². The zero-order valence-electron chi connectivity index (χ0n) is 9.81. The highest BCUT2D eigenvalue weighted by atomic mass is 32.2. The quantitative estimate of drug-likeness (QED) is 0.814. The topological polar surface area (TPSA) is 57.6 Å². The average molecular weight is 245 g/mol. The summed E-state index contributed by atoms with van der Waals surface area (Å²) in [6, 6.07) is 0. The molecule has 16 heavy (non-hydrogen) atoms. The normalized spacial score (nSPS) is 21.2. The van der Waals surface area contributed by atoms with Crippen LogP contribution in [0.4, 0.5) is 0 Å². The van der Waals surface area contributed by atoms with E-state index in [2.05, 4.69) is 0 Å². The second kappa shape index (κ2) is 6.13. The number of hydrogen-bond donors (Lipinski definition) is 1. The fourth-order valence-electron chi connectivity index (χ4n) is 1.73. The molecule has 0 saturated carbocycles. The number of carboxylic acids is 1. The number of hydrogen-bond acceptors (Lipinski definition) is 3. The molecule has 1 rings (SSSR count). The van der Waals surface area contributed by atoms with Gasteiger partial charge in [0.15, 0.2) is 0 Å². The van der Waals surface area contributed by atoms with E-state index in [1.165, 1.54) is 0 Å². The Kier molecular flexibility index (Phi) is 5.12. The zero-order chi connectivity index (χ0) is 12.1. The summed E-state index contributed by atoms with van der Waals surface area (Å²) in [5.74, 6) is -0.621. The van der Waals surface area contributed by atoms with E-state index < -0.39 is 5.97 Å². The first-order chi connectivity index (χ1) is 7.50. The van der Waals surface area contributed by atoms with E-state index in [0.717, 1.165) is 6.42 Å². The van der Waals surface area contributed by atoms with Gasteiger partial charge in [0.25, 0.3) is 0 Å². The molecule has 1 amide bonds. The maximum Gasteiger partial charge on any atom is 0.308 e. The molecule has 1 atom stereocenters. The lowest BCUT2D eigenvalue weighted by Gasteiger charge is -2.30. The van der Waals surface area contributed by atoms with Gasteiger partial charge in [-0.3, -0.25) is 9.59 Å². The molecule has 1 saturated heterocycles. The number of aliphatic carboxylic acids is 1. The summed E-state index contributed by atoms with van der Waals surface area (Å²) < 4.78 is 0. The number of carbonyl (C=O) groups is 2. The van der Waals surface area contributed by atoms with Gasteiger partial charge in [0.1, 0.15) is 0 Å². The number of likely N-dealkylation sites (tertiary alicyclic amines) is 1. The summed E-state index contributed by atoms with van der Waals surface area (Å²) in [7, 11) is 0. The van der Waals surface area contributed by atoms with Crippen LogP contribution in [0, 0.1) is 5.92 Å². The van der Waals surface area contributed by atoms with Crippen molar-refractivity contribution in [1.29, 1.82) is 0 Å². The number of carboxylic acid groups (broad SMARTS) is 1. The third-order valence-electron chi connectivity index (χ3n) is 2.66. The molecule has 5 heteroatoms. The molecule has 1 fully saturated rings. The molecule has 1 N–H and O–H groups in total. The van der Waals surface area contributed by atoms with Crippen molar-refractivity contribution in [3.05, 3.63) is 0 Å². The smallest absolute Gasteiger partial charge is 0.308 e. The summed E-state index contributed by atoms with van der Waals surface area (Å²) >= 11 is 1.60. The molecule has 1 heterocycles. The molecule has 0 bridgehead atoms. The van der Waals surface area contributed by atoms with E-state index in [1.54, 1.807) is 16.7 Å². The van der Waals surface area contributed by atoms with Crippen molar-refractivity contribution in [2.24, 2.45) is 5.92 Å². The van der Waals surface area contributed by atoms with E-state index in [0.29, 0.717) is 30.5 Å². The van der Waals surface area contributed by atoms with Gasteiger partial charge in [-0.05, 0) is 18.1 Å². The first kappa shape index (κ1) is 13.4. The lowest BCUT2D eigenvalue weighted by Crippen LogP contribution is -2.43. The van der Waals surface area contributed by atoms with Gasteiger partial charge in [-0.25, -0.2) is 0 Å². The maximum atomic E-state index is 11.8. The molecule has 0 aromatic heterocycles. The molecule has 0 radical (unpaired) electrons. The highest BCUT2D eigenvalue weighted by Crippen LogP contribution is 2.18. The highest BCUT2D eigenvalue weighted by Gasteiger charge is 2.27. The number of thioether (sulfide) groups is 1. The second-order valence-electron chi connectivity index (χ2n) is 4.38. The Hall–Kier alpha value is -0.710. The Labute approximate surface area is 100 Å². The van der Waals surface area contributed by atoms with E-state index >= 15 is 0 Å². The molecule has 92 valence electrons. The van der Waals surface area contributed by atoms with Crippen molar-refractivity contribution >= 4 is 23.6 Å². The minimum atomic E-state index is -0.783. The Morgan fingerprint density at radius 1 is 1.50 bits per heavy atom. The largest absolute Gasteiger partial charge is 0.481 e. The van der Waals surface area contributed by atoms with Crippen molar-refractivity contribution in [3.8, 4) is 0 Å². The predicted octanol–water partition coefficient (Wildman–Crippen LogP) is 1.45. The maximum absolute atomic E-state index is 11.8. The fraction of sp³-hybridized carbons (Fsp3) is 0.818. The van der Waals surface area contributed by atoms with Gasteiger partial charge in [-0.2, -0.15) is 0 Å². The van der Waals surface area contributed by atoms with E-state index in [-0.39, 0.29) is 11.8 Å². The average Bonchev–Trinajstić information content (AvgIpc) is 2.26. The summed E-state index contributed by atoms with van der Waals surface area (Å²) in [6.07, 6.45) is 1.49. The van der Waals surface area contributed by atoms with Crippen LogP contribution in [0.5, 0.6) is 0 Å². The van der Waals surface area contributed by atoms with Crippen LogP contribution in [-0.2, 0) is 9.59 Å². The Balaban J connectivity index is 2.41. The molecule has 0 spiro atoms. The van der Waals surface area contributed by atoms with Gasteiger partial charge in [0.05, 0.1) is 11.7 Å². The standard InChI is InChI=1S/C11H19NO3S/c1-8(2)16-7-10(13)12-5-3-4-9(6-12)11(14)15/h8-9H,3-7H2,1-2H3,(H,14,15)/t9-/m0/s1. The Bertz CT molecular complexity index is 268. The van der Waals surface area contributed by atoms with Crippen LogP contribution in [-0.4, -0.2) is 46.0 Å². The minimum absolute atomic E-state index is 0.0738. The van der Waals surface area contributed by atoms with Gasteiger partial charge >= 0.3 is 5.97 Å². The zero-order valence-corrected chi connectivity index (χ0v) is 10.6. The Morgan fingerprint density at radius 2 is 2.19 bits per heavy atom. The summed E-state index contributed by atoms with van der Waals surface area (Å²) in [6.45, 7) is 5.19. The molecular weight excluding hydrogens is 226 g/mol. The minimum Gasteiger partial charge on any atom is -0.481 e. The van der Waals surface area contributed by atoms with E-state index in [4.69, 9.17) is 5.11 Å². The lowest BCUT2D eigenvalue weighted by atomic mass is 9.98. The van der Waals surface area contributed by atoms with Crippen molar-refractivity contribution < 1.29 is 14.7 Å². The number of piperidine rings is 1. The highest BCUT2D eigenvalue weighted by molar-refractivity contribution is 8.00. The molecule has 1 aliphatic heterocycles. The van der Waals surface area contributed by atoms with Crippen LogP contribution in [0.1, 0.15) is 26.7 Å².